The van der Waals surface area contributed by atoms with Gasteiger partial charge in [0.2, 0.25) is 5.91 Å². The van der Waals surface area contributed by atoms with Gasteiger partial charge in [0.25, 0.3) is 0 Å². The number of carbonyl (C=O) groups excluding carboxylic acids is 2. The fourth-order valence-corrected chi connectivity index (χ4v) is 2.26. The third-order valence-corrected chi connectivity index (χ3v) is 3.50. The third-order valence-electron chi connectivity index (χ3n) is 3.50. The van der Waals surface area contributed by atoms with Crippen LogP contribution >= 0.6 is 0 Å². The van der Waals surface area contributed by atoms with Crippen LogP contribution in [0.4, 0.5) is 0 Å². The van der Waals surface area contributed by atoms with Crippen LogP contribution in [0.25, 0.3) is 6.08 Å². The van der Waals surface area contributed by atoms with Crippen LogP contribution in [0.5, 0.6) is 5.75 Å². The highest BCUT2D eigenvalue weighted by atomic mass is 16.5. The van der Waals surface area contributed by atoms with Crippen molar-refractivity contribution in [2.75, 3.05) is 7.11 Å². The molecule has 2 aromatic carbocycles. The van der Waals surface area contributed by atoms with Gasteiger partial charge >= 0.3 is 5.97 Å². The van der Waals surface area contributed by atoms with Gasteiger partial charge in [0.1, 0.15) is 5.75 Å². The van der Waals surface area contributed by atoms with Gasteiger partial charge in [0.05, 0.1) is 18.8 Å². The van der Waals surface area contributed by atoms with Crippen LogP contribution < -0.4 is 10.1 Å². The molecule has 26 heavy (non-hydrogen) atoms. The molecule has 1 N–H and O–H groups in total. The van der Waals surface area contributed by atoms with Gasteiger partial charge in [-0.15, -0.1) is 0 Å². The summed E-state index contributed by atoms with van der Waals surface area (Å²) in [5.74, 6) is 0.192. The van der Waals surface area contributed by atoms with Gasteiger partial charge in [0.15, 0.2) is 0 Å². The molecule has 0 unspecified atom stereocenters. The SMILES string of the molecule is COC(=O)c1ccc(CNC(=O)/C=C/c2cccc(OC(C)C)c2)cc1. The monoisotopic (exact) mass is 353 g/mol. The lowest BCUT2D eigenvalue weighted by Crippen LogP contribution is -2.20. The highest BCUT2D eigenvalue weighted by Crippen LogP contribution is 2.15. The highest BCUT2D eigenvalue weighted by Gasteiger charge is 2.04. The molecule has 2 rings (SSSR count). The minimum Gasteiger partial charge on any atom is -0.491 e. The predicted molar refractivity (Wildman–Crippen MR) is 101 cm³/mol. The molecule has 136 valence electrons. The largest absolute Gasteiger partial charge is 0.491 e. The molecule has 5 heteroatoms. The Morgan fingerprint density at radius 3 is 2.50 bits per heavy atom. The lowest BCUT2D eigenvalue weighted by atomic mass is 10.1. The second-order valence-electron chi connectivity index (χ2n) is 5.98. The molecular weight excluding hydrogens is 330 g/mol. The Hall–Kier alpha value is -3.08. The van der Waals surface area contributed by atoms with Crippen LogP contribution in [0.2, 0.25) is 0 Å². The summed E-state index contributed by atoms with van der Waals surface area (Å²) in [7, 11) is 1.34. The molecule has 0 spiro atoms. The van der Waals surface area contributed by atoms with Crippen LogP contribution in [0, 0.1) is 0 Å². The van der Waals surface area contributed by atoms with E-state index in [2.05, 4.69) is 10.1 Å². The predicted octanol–water partition coefficient (Wildman–Crippen LogP) is 3.59. The van der Waals surface area contributed by atoms with Crippen LogP contribution in [-0.2, 0) is 16.1 Å². The Balaban J connectivity index is 1.88. The molecule has 1 amide bonds. The van der Waals surface area contributed by atoms with Gasteiger partial charge in [-0.3, -0.25) is 4.79 Å². The summed E-state index contributed by atoms with van der Waals surface area (Å²) >= 11 is 0. The molecule has 5 nitrogen and oxygen atoms in total. The Kier molecular flexibility index (Phi) is 6.97. The summed E-state index contributed by atoms with van der Waals surface area (Å²) in [5.41, 5.74) is 2.26. The zero-order valence-electron chi connectivity index (χ0n) is 15.2. The molecule has 0 fully saturated rings. The summed E-state index contributed by atoms with van der Waals surface area (Å²) in [5, 5.41) is 2.81. The Morgan fingerprint density at radius 1 is 1.12 bits per heavy atom. The molecular formula is C21H23NO4. The van der Waals surface area contributed by atoms with E-state index in [1.165, 1.54) is 13.2 Å². The van der Waals surface area contributed by atoms with Crippen molar-refractivity contribution in [2.45, 2.75) is 26.5 Å². The topological polar surface area (TPSA) is 64.6 Å². The van der Waals surface area contributed by atoms with Crippen molar-refractivity contribution in [3.8, 4) is 5.75 Å². The summed E-state index contributed by atoms with van der Waals surface area (Å²) in [6, 6.07) is 14.5. The van der Waals surface area contributed by atoms with Gasteiger partial charge in [-0.25, -0.2) is 4.79 Å². The minimum atomic E-state index is -0.382. The zero-order chi connectivity index (χ0) is 18.9. The molecule has 0 saturated carbocycles. The Morgan fingerprint density at radius 2 is 1.85 bits per heavy atom. The van der Waals surface area contributed by atoms with E-state index in [9.17, 15) is 9.59 Å². The molecule has 0 radical (unpaired) electrons. The molecule has 0 aliphatic rings. The number of esters is 1. The first-order valence-corrected chi connectivity index (χ1v) is 8.38. The van der Waals surface area contributed by atoms with E-state index < -0.39 is 0 Å². The summed E-state index contributed by atoms with van der Waals surface area (Å²) in [4.78, 5) is 23.4. The third kappa shape index (κ3) is 6.09. The first kappa shape index (κ1) is 19.2. The minimum absolute atomic E-state index is 0.100. The summed E-state index contributed by atoms with van der Waals surface area (Å²) < 4.78 is 10.3. The average molecular weight is 353 g/mol. The van der Waals surface area contributed by atoms with Crippen molar-refractivity contribution in [2.24, 2.45) is 0 Å². The quantitative estimate of drug-likeness (QED) is 0.610. The maximum atomic E-state index is 12.0. The molecule has 0 aliphatic carbocycles. The first-order valence-electron chi connectivity index (χ1n) is 8.38. The number of amides is 1. The lowest BCUT2D eigenvalue weighted by Gasteiger charge is -2.09. The average Bonchev–Trinajstić information content (AvgIpc) is 2.64. The molecule has 2 aromatic rings. The molecule has 0 aromatic heterocycles. The fraction of sp³-hybridized carbons (Fsp3) is 0.238. The lowest BCUT2D eigenvalue weighted by molar-refractivity contribution is -0.116. The second kappa shape index (κ2) is 9.42. The molecule has 0 saturated heterocycles. The van der Waals surface area contributed by atoms with E-state index >= 15 is 0 Å². The van der Waals surface area contributed by atoms with Crippen LogP contribution in [0.1, 0.15) is 35.3 Å². The standard InChI is InChI=1S/C21H23NO4/c1-15(2)26-19-6-4-5-16(13-19)9-12-20(23)22-14-17-7-10-18(11-8-17)21(24)25-3/h4-13,15H,14H2,1-3H3,(H,22,23)/b12-9+. The first-order chi connectivity index (χ1) is 12.5. The Labute approximate surface area is 153 Å². The number of rotatable bonds is 7. The zero-order valence-corrected chi connectivity index (χ0v) is 15.2. The van der Waals surface area contributed by atoms with Crippen molar-refractivity contribution >= 4 is 18.0 Å². The molecule has 0 aliphatic heterocycles. The van der Waals surface area contributed by atoms with E-state index in [4.69, 9.17) is 4.74 Å². The van der Waals surface area contributed by atoms with E-state index in [1.54, 1.807) is 30.3 Å². The van der Waals surface area contributed by atoms with Gasteiger partial charge in [0, 0.05) is 12.6 Å². The highest BCUT2D eigenvalue weighted by molar-refractivity contribution is 5.91. The second-order valence-corrected chi connectivity index (χ2v) is 5.98. The van der Waals surface area contributed by atoms with Crippen molar-refractivity contribution in [3.63, 3.8) is 0 Å². The smallest absolute Gasteiger partial charge is 0.337 e. The van der Waals surface area contributed by atoms with Crippen molar-refractivity contribution < 1.29 is 19.1 Å². The number of carbonyl (C=O) groups is 2. The maximum Gasteiger partial charge on any atom is 0.337 e. The van der Waals surface area contributed by atoms with E-state index in [0.29, 0.717) is 12.1 Å². The van der Waals surface area contributed by atoms with Crippen molar-refractivity contribution in [3.05, 3.63) is 71.3 Å². The number of hydrogen-bond acceptors (Lipinski definition) is 4. The number of ether oxygens (including phenoxy) is 2. The Bertz CT molecular complexity index is 779. The maximum absolute atomic E-state index is 12.0. The van der Waals surface area contributed by atoms with Crippen LogP contribution in [-0.4, -0.2) is 25.1 Å². The number of nitrogens with one attached hydrogen (secondary N) is 1. The van der Waals surface area contributed by atoms with Crippen molar-refractivity contribution in [1.82, 2.24) is 5.32 Å². The molecule has 0 atom stereocenters. The van der Waals surface area contributed by atoms with Gasteiger partial charge in [-0.05, 0) is 55.3 Å². The van der Waals surface area contributed by atoms with Gasteiger partial charge in [-0.2, -0.15) is 0 Å². The van der Waals surface area contributed by atoms with Crippen LogP contribution in [0.15, 0.2) is 54.6 Å². The number of hydrogen-bond donors (Lipinski definition) is 1. The summed E-state index contributed by atoms with van der Waals surface area (Å²) in [6.45, 7) is 4.31. The fourth-order valence-electron chi connectivity index (χ4n) is 2.26. The van der Waals surface area contributed by atoms with Gasteiger partial charge in [-0.1, -0.05) is 24.3 Å². The number of methoxy groups -OCH3 is 1. The van der Waals surface area contributed by atoms with E-state index in [1.807, 2.05) is 38.1 Å². The van der Waals surface area contributed by atoms with Crippen LogP contribution in [0.3, 0.4) is 0 Å². The summed E-state index contributed by atoms with van der Waals surface area (Å²) in [6.07, 6.45) is 3.32. The van der Waals surface area contributed by atoms with E-state index in [-0.39, 0.29) is 18.0 Å². The number of benzene rings is 2. The normalized spacial score (nSPS) is 10.8. The van der Waals surface area contributed by atoms with Crippen molar-refractivity contribution in [1.29, 1.82) is 0 Å². The van der Waals surface area contributed by atoms with Gasteiger partial charge < -0.3 is 14.8 Å². The molecule has 0 bridgehead atoms. The molecule has 0 heterocycles. The van der Waals surface area contributed by atoms with E-state index in [0.717, 1.165) is 16.9 Å².